The monoisotopic (exact) mass is 397 g/mol. The van der Waals surface area contributed by atoms with Gasteiger partial charge in [-0.15, -0.1) is 11.3 Å². The van der Waals surface area contributed by atoms with Crippen molar-refractivity contribution < 1.29 is 22.3 Å². The van der Waals surface area contributed by atoms with E-state index in [9.17, 15) is 17.6 Å². The standard InChI is InChI=1S/C18H20FNO4S2/c1-13(24-16-6-4-14(19)5-7-16)18(21)20(11-17-3-2-9-25-17)15-8-10-26(22,23)12-15/h2-7,9,13,15H,8,10-12H2,1H3. The number of ether oxygens (including phenoxy) is 1. The SMILES string of the molecule is CC(Oc1ccc(F)cc1)C(=O)N(Cc1cccs1)C1CCS(=O)(=O)C1. The number of sulfone groups is 1. The minimum absolute atomic E-state index is 0.0205. The number of halogens is 1. The Morgan fingerprint density at radius 3 is 2.65 bits per heavy atom. The molecule has 1 amide bonds. The molecule has 0 spiro atoms. The molecule has 0 bridgehead atoms. The normalized spacial score (nSPS) is 19.8. The van der Waals surface area contributed by atoms with Crippen LogP contribution in [0, 0.1) is 5.82 Å². The number of benzene rings is 1. The maximum absolute atomic E-state index is 13.0. The van der Waals surface area contributed by atoms with Gasteiger partial charge in [-0.3, -0.25) is 4.79 Å². The van der Waals surface area contributed by atoms with Crippen LogP contribution >= 0.6 is 11.3 Å². The second kappa shape index (κ2) is 7.75. The van der Waals surface area contributed by atoms with E-state index in [0.717, 1.165) is 4.88 Å². The maximum atomic E-state index is 13.0. The van der Waals surface area contributed by atoms with Crippen LogP contribution in [-0.4, -0.2) is 42.9 Å². The van der Waals surface area contributed by atoms with E-state index in [1.165, 1.54) is 35.6 Å². The smallest absolute Gasteiger partial charge is 0.263 e. The summed E-state index contributed by atoms with van der Waals surface area (Å²) in [4.78, 5) is 15.6. The van der Waals surface area contributed by atoms with Crippen LogP contribution in [0.5, 0.6) is 5.75 Å². The summed E-state index contributed by atoms with van der Waals surface area (Å²) in [6, 6.07) is 8.91. The molecule has 140 valence electrons. The van der Waals surface area contributed by atoms with Gasteiger partial charge in [-0.2, -0.15) is 0 Å². The molecule has 0 N–H and O–H groups in total. The summed E-state index contributed by atoms with van der Waals surface area (Å²) in [5.41, 5.74) is 0. The molecule has 1 aromatic heterocycles. The molecule has 1 aromatic carbocycles. The molecule has 5 nitrogen and oxygen atoms in total. The third-order valence-electron chi connectivity index (χ3n) is 4.31. The van der Waals surface area contributed by atoms with E-state index in [4.69, 9.17) is 4.74 Å². The van der Waals surface area contributed by atoms with Crippen molar-refractivity contribution in [1.82, 2.24) is 4.90 Å². The molecular formula is C18H20FNO4S2. The van der Waals surface area contributed by atoms with Crippen molar-refractivity contribution in [1.29, 1.82) is 0 Å². The molecule has 2 heterocycles. The Kier molecular flexibility index (Phi) is 5.62. The van der Waals surface area contributed by atoms with E-state index in [-0.39, 0.29) is 29.3 Å². The van der Waals surface area contributed by atoms with Crippen molar-refractivity contribution >= 4 is 27.1 Å². The number of amides is 1. The van der Waals surface area contributed by atoms with Gasteiger partial charge >= 0.3 is 0 Å². The highest BCUT2D eigenvalue weighted by Gasteiger charge is 2.36. The van der Waals surface area contributed by atoms with Crippen LogP contribution in [0.2, 0.25) is 0 Å². The molecular weight excluding hydrogens is 377 g/mol. The number of rotatable bonds is 6. The van der Waals surface area contributed by atoms with E-state index in [0.29, 0.717) is 18.7 Å². The molecule has 1 saturated heterocycles. The van der Waals surface area contributed by atoms with Gasteiger partial charge in [0.1, 0.15) is 11.6 Å². The first-order valence-corrected chi connectivity index (χ1v) is 11.0. The quantitative estimate of drug-likeness (QED) is 0.752. The summed E-state index contributed by atoms with van der Waals surface area (Å²) in [6.45, 7) is 1.98. The Hall–Kier alpha value is -1.93. The highest BCUT2D eigenvalue weighted by atomic mass is 32.2. The van der Waals surface area contributed by atoms with Gasteiger partial charge in [0.2, 0.25) is 0 Å². The molecule has 0 aliphatic carbocycles. The third kappa shape index (κ3) is 4.62. The van der Waals surface area contributed by atoms with Gasteiger partial charge in [0.05, 0.1) is 18.1 Å². The Bertz CT molecular complexity index is 850. The molecule has 2 aromatic rings. The second-order valence-electron chi connectivity index (χ2n) is 6.32. The summed E-state index contributed by atoms with van der Waals surface area (Å²) in [5, 5.41) is 1.92. The zero-order chi connectivity index (χ0) is 18.7. The number of nitrogens with zero attached hydrogens (tertiary/aromatic N) is 1. The fourth-order valence-electron chi connectivity index (χ4n) is 2.98. The summed E-state index contributed by atoms with van der Waals surface area (Å²) < 4.78 is 42.4. The Morgan fingerprint density at radius 2 is 2.08 bits per heavy atom. The molecule has 0 radical (unpaired) electrons. The Balaban J connectivity index is 1.76. The average molecular weight is 397 g/mol. The molecule has 2 unspecified atom stereocenters. The van der Waals surface area contributed by atoms with Crippen molar-refractivity contribution in [3.63, 3.8) is 0 Å². The maximum Gasteiger partial charge on any atom is 0.263 e. The molecule has 1 aliphatic rings. The zero-order valence-corrected chi connectivity index (χ0v) is 15.9. The van der Waals surface area contributed by atoms with Crippen molar-refractivity contribution in [2.45, 2.75) is 32.0 Å². The summed E-state index contributed by atoms with van der Waals surface area (Å²) in [6.07, 6.45) is -0.369. The number of thiophene rings is 1. The van der Waals surface area contributed by atoms with E-state index >= 15 is 0 Å². The molecule has 1 aliphatic heterocycles. The second-order valence-corrected chi connectivity index (χ2v) is 9.58. The fourth-order valence-corrected chi connectivity index (χ4v) is 5.41. The van der Waals surface area contributed by atoms with Crippen molar-refractivity contribution in [3.05, 3.63) is 52.5 Å². The van der Waals surface area contributed by atoms with Crippen LogP contribution in [0.3, 0.4) is 0 Å². The zero-order valence-electron chi connectivity index (χ0n) is 14.3. The number of carbonyl (C=O) groups excluding carboxylic acids is 1. The van der Waals surface area contributed by atoms with Crippen LogP contribution in [0.25, 0.3) is 0 Å². The number of hydrogen-bond donors (Lipinski definition) is 0. The summed E-state index contributed by atoms with van der Waals surface area (Å²) in [5.74, 6) is -0.189. The van der Waals surface area contributed by atoms with Crippen molar-refractivity contribution in [2.75, 3.05) is 11.5 Å². The number of carbonyl (C=O) groups is 1. The molecule has 26 heavy (non-hydrogen) atoms. The molecule has 0 saturated carbocycles. The van der Waals surface area contributed by atoms with E-state index in [2.05, 4.69) is 0 Å². The minimum atomic E-state index is -3.12. The fraction of sp³-hybridized carbons (Fsp3) is 0.389. The molecule has 1 fully saturated rings. The van der Waals surface area contributed by atoms with E-state index < -0.39 is 15.9 Å². The minimum Gasteiger partial charge on any atom is -0.481 e. The Morgan fingerprint density at radius 1 is 1.35 bits per heavy atom. The largest absolute Gasteiger partial charge is 0.481 e. The first-order chi connectivity index (χ1) is 12.3. The lowest BCUT2D eigenvalue weighted by Crippen LogP contribution is -2.46. The van der Waals surface area contributed by atoms with Crippen molar-refractivity contribution in [3.8, 4) is 5.75 Å². The van der Waals surface area contributed by atoms with Gasteiger partial charge in [0.15, 0.2) is 15.9 Å². The molecule has 2 atom stereocenters. The third-order valence-corrected chi connectivity index (χ3v) is 6.92. The first-order valence-electron chi connectivity index (χ1n) is 8.29. The predicted molar refractivity (Wildman–Crippen MR) is 98.4 cm³/mol. The van der Waals surface area contributed by atoms with Gasteiger partial charge in [0.25, 0.3) is 5.91 Å². The van der Waals surface area contributed by atoms with E-state index in [1.54, 1.807) is 11.8 Å². The van der Waals surface area contributed by atoms with Crippen LogP contribution < -0.4 is 4.74 Å². The molecule has 3 rings (SSSR count). The van der Waals surface area contributed by atoms with Gasteiger partial charge in [-0.25, -0.2) is 12.8 Å². The number of hydrogen-bond acceptors (Lipinski definition) is 5. The van der Waals surface area contributed by atoms with Gasteiger partial charge in [0, 0.05) is 10.9 Å². The van der Waals surface area contributed by atoms with Crippen LogP contribution in [0.4, 0.5) is 4.39 Å². The van der Waals surface area contributed by atoms with Crippen LogP contribution in [0.1, 0.15) is 18.2 Å². The first kappa shape index (κ1) is 18.8. The lowest BCUT2D eigenvalue weighted by molar-refractivity contribution is -0.140. The topological polar surface area (TPSA) is 63.7 Å². The van der Waals surface area contributed by atoms with Gasteiger partial charge in [-0.1, -0.05) is 6.07 Å². The van der Waals surface area contributed by atoms with Crippen LogP contribution in [-0.2, 0) is 21.2 Å². The van der Waals surface area contributed by atoms with Gasteiger partial charge in [-0.05, 0) is 49.1 Å². The Labute approximate surface area is 156 Å². The average Bonchev–Trinajstić information content (AvgIpc) is 3.23. The summed E-state index contributed by atoms with van der Waals surface area (Å²) >= 11 is 1.52. The highest BCUT2D eigenvalue weighted by molar-refractivity contribution is 7.91. The van der Waals surface area contributed by atoms with Crippen LogP contribution in [0.15, 0.2) is 41.8 Å². The lowest BCUT2D eigenvalue weighted by atomic mass is 10.2. The van der Waals surface area contributed by atoms with E-state index in [1.807, 2.05) is 17.5 Å². The highest BCUT2D eigenvalue weighted by Crippen LogP contribution is 2.24. The van der Waals surface area contributed by atoms with Gasteiger partial charge < -0.3 is 9.64 Å². The predicted octanol–water partition coefficient (Wildman–Crippen LogP) is 2.87. The summed E-state index contributed by atoms with van der Waals surface area (Å²) in [7, 11) is -3.12. The van der Waals surface area contributed by atoms with Crippen molar-refractivity contribution in [2.24, 2.45) is 0 Å². The molecule has 8 heteroatoms. The lowest BCUT2D eigenvalue weighted by Gasteiger charge is -2.30.